The van der Waals surface area contributed by atoms with E-state index in [-0.39, 0.29) is 0 Å². The Kier molecular flexibility index (Phi) is 3.29. The van der Waals surface area contributed by atoms with Crippen molar-refractivity contribution in [2.75, 3.05) is 11.1 Å². The molecule has 2 aromatic carbocycles. The molecule has 0 unspecified atom stereocenters. The van der Waals surface area contributed by atoms with Crippen molar-refractivity contribution in [1.82, 2.24) is 4.98 Å². The summed E-state index contributed by atoms with van der Waals surface area (Å²) in [6.07, 6.45) is 0. The van der Waals surface area contributed by atoms with Gasteiger partial charge in [-0.2, -0.15) is 0 Å². The zero-order chi connectivity index (χ0) is 15.0. The van der Waals surface area contributed by atoms with E-state index in [1.807, 2.05) is 43.3 Å². The van der Waals surface area contributed by atoms with Crippen molar-refractivity contribution in [2.24, 2.45) is 0 Å². The lowest BCUT2D eigenvalue weighted by Crippen LogP contribution is -2.11. The van der Waals surface area contributed by atoms with Gasteiger partial charge in [-0.25, -0.2) is 4.98 Å². The Balaban J connectivity index is 2.02. The number of aryl methyl sites for hydroxylation is 1. The van der Waals surface area contributed by atoms with Crippen LogP contribution >= 0.6 is 0 Å². The molecule has 108 valence electrons. The van der Waals surface area contributed by atoms with Crippen LogP contribution in [0.3, 0.4) is 0 Å². The number of benzene rings is 2. The molecule has 0 spiro atoms. The lowest BCUT2D eigenvalue weighted by molar-refractivity contribution is 0.620. The highest BCUT2D eigenvalue weighted by molar-refractivity contribution is 5.81. The zero-order valence-corrected chi connectivity index (χ0v) is 12.5. The van der Waals surface area contributed by atoms with E-state index in [2.05, 4.69) is 24.1 Å². The van der Waals surface area contributed by atoms with Gasteiger partial charge in [0.05, 0.1) is 11.4 Å². The summed E-state index contributed by atoms with van der Waals surface area (Å²) in [6.45, 7) is 6.19. The molecule has 0 radical (unpaired) electrons. The van der Waals surface area contributed by atoms with Gasteiger partial charge in [0.1, 0.15) is 5.52 Å². The Morgan fingerprint density at radius 2 is 2.00 bits per heavy atom. The average Bonchev–Trinajstić information content (AvgIpc) is 2.86. The summed E-state index contributed by atoms with van der Waals surface area (Å²) in [7, 11) is 0. The molecule has 0 amide bonds. The first-order valence-corrected chi connectivity index (χ1v) is 7.07. The highest BCUT2D eigenvalue weighted by atomic mass is 16.3. The van der Waals surface area contributed by atoms with E-state index in [1.54, 1.807) is 0 Å². The fraction of sp³-hybridized carbons (Fsp3) is 0.235. The summed E-state index contributed by atoms with van der Waals surface area (Å²) >= 11 is 0. The number of hydrogen-bond acceptors (Lipinski definition) is 4. The number of nitrogens with two attached hydrogens (primary N) is 1. The summed E-state index contributed by atoms with van der Waals surface area (Å²) in [6, 6.07) is 12.1. The molecule has 1 heterocycles. The van der Waals surface area contributed by atoms with E-state index >= 15 is 0 Å². The normalized spacial score (nSPS) is 11.2. The van der Waals surface area contributed by atoms with Gasteiger partial charge in [-0.05, 0) is 50.6 Å². The molecule has 0 fully saturated rings. The van der Waals surface area contributed by atoms with Crippen molar-refractivity contribution >= 4 is 22.5 Å². The lowest BCUT2D eigenvalue weighted by Gasteiger charge is -2.12. The highest BCUT2D eigenvalue weighted by Crippen LogP contribution is 2.30. The van der Waals surface area contributed by atoms with E-state index < -0.39 is 0 Å². The van der Waals surface area contributed by atoms with Crippen LogP contribution in [-0.2, 0) is 0 Å². The van der Waals surface area contributed by atoms with Crippen molar-refractivity contribution in [3.05, 3.63) is 42.0 Å². The molecule has 0 aliphatic rings. The van der Waals surface area contributed by atoms with Crippen LogP contribution in [0.5, 0.6) is 0 Å². The van der Waals surface area contributed by atoms with Gasteiger partial charge in [-0.3, -0.25) is 0 Å². The first-order valence-electron chi connectivity index (χ1n) is 7.07. The number of fused-ring (bicyclic) bond motifs is 1. The number of anilines is 2. The SMILES string of the molecule is Cc1cccc2oc(-c3ccc(NC(C)C)c(N)c3)nc12. The Hall–Kier alpha value is -2.49. The maximum absolute atomic E-state index is 6.10. The molecular formula is C17H19N3O. The number of nitrogen functional groups attached to an aromatic ring is 1. The number of hydrogen-bond donors (Lipinski definition) is 2. The predicted octanol–water partition coefficient (Wildman–Crippen LogP) is 4.21. The first kappa shape index (κ1) is 13.5. The maximum Gasteiger partial charge on any atom is 0.227 e. The van der Waals surface area contributed by atoms with Crippen LogP contribution in [0.2, 0.25) is 0 Å². The monoisotopic (exact) mass is 281 g/mol. The predicted molar refractivity (Wildman–Crippen MR) is 87.4 cm³/mol. The third kappa shape index (κ3) is 2.57. The van der Waals surface area contributed by atoms with Gasteiger partial charge in [-0.15, -0.1) is 0 Å². The van der Waals surface area contributed by atoms with Crippen LogP contribution in [0, 0.1) is 6.92 Å². The van der Waals surface area contributed by atoms with E-state index in [1.165, 1.54) is 0 Å². The molecule has 21 heavy (non-hydrogen) atoms. The molecule has 0 bridgehead atoms. The van der Waals surface area contributed by atoms with Gasteiger partial charge in [-0.1, -0.05) is 12.1 Å². The van der Waals surface area contributed by atoms with E-state index in [0.29, 0.717) is 17.6 Å². The minimum Gasteiger partial charge on any atom is -0.436 e. The van der Waals surface area contributed by atoms with E-state index in [0.717, 1.165) is 27.9 Å². The van der Waals surface area contributed by atoms with Crippen molar-refractivity contribution in [1.29, 1.82) is 0 Å². The molecule has 0 atom stereocenters. The van der Waals surface area contributed by atoms with Crippen molar-refractivity contribution in [2.45, 2.75) is 26.8 Å². The van der Waals surface area contributed by atoms with Crippen molar-refractivity contribution in [3.8, 4) is 11.5 Å². The zero-order valence-electron chi connectivity index (χ0n) is 12.5. The fourth-order valence-corrected chi connectivity index (χ4v) is 2.35. The fourth-order valence-electron chi connectivity index (χ4n) is 2.35. The number of rotatable bonds is 3. The molecule has 3 N–H and O–H groups in total. The number of oxazole rings is 1. The largest absolute Gasteiger partial charge is 0.436 e. The molecule has 4 nitrogen and oxygen atoms in total. The smallest absolute Gasteiger partial charge is 0.227 e. The quantitative estimate of drug-likeness (QED) is 0.706. The summed E-state index contributed by atoms with van der Waals surface area (Å²) in [4.78, 5) is 4.57. The molecule has 3 aromatic rings. The van der Waals surface area contributed by atoms with Gasteiger partial charge in [0, 0.05) is 11.6 Å². The number of para-hydroxylation sites is 1. The van der Waals surface area contributed by atoms with Crippen LogP contribution in [0.4, 0.5) is 11.4 Å². The van der Waals surface area contributed by atoms with E-state index in [9.17, 15) is 0 Å². The number of aromatic nitrogens is 1. The first-order chi connectivity index (χ1) is 10.0. The second-order valence-corrected chi connectivity index (χ2v) is 5.54. The van der Waals surface area contributed by atoms with Crippen molar-refractivity contribution < 1.29 is 4.42 Å². The third-order valence-electron chi connectivity index (χ3n) is 3.36. The minimum absolute atomic E-state index is 0.338. The second-order valence-electron chi connectivity index (χ2n) is 5.54. The van der Waals surface area contributed by atoms with Crippen LogP contribution < -0.4 is 11.1 Å². The molecule has 0 saturated carbocycles. The summed E-state index contributed by atoms with van der Waals surface area (Å²) < 4.78 is 5.82. The van der Waals surface area contributed by atoms with Crippen LogP contribution in [0.1, 0.15) is 19.4 Å². The summed E-state index contributed by atoms with van der Waals surface area (Å²) in [5, 5.41) is 3.31. The third-order valence-corrected chi connectivity index (χ3v) is 3.36. The Morgan fingerprint density at radius 1 is 1.19 bits per heavy atom. The second kappa shape index (κ2) is 5.13. The summed E-state index contributed by atoms with van der Waals surface area (Å²) in [5.74, 6) is 0.599. The molecule has 0 saturated heterocycles. The lowest BCUT2D eigenvalue weighted by atomic mass is 10.1. The molecule has 4 heteroatoms. The van der Waals surface area contributed by atoms with Gasteiger partial charge in [0.15, 0.2) is 5.58 Å². The standard InChI is InChI=1S/C17H19N3O/c1-10(2)19-14-8-7-12(9-13(14)18)17-20-16-11(3)5-4-6-15(16)21-17/h4-10,19H,18H2,1-3H3. The maximum atomic E-state index is 6.10. The van der Waals surface area contributed by atoms with Gasteiger partial charge >= 0.3 is 0 Å². The number of nitrogens with one attached hydrogen (secondary N) is 1. The Labute approximate surface area is 124 Å². The Morgan fingerprint density at radius 3 is 2.67 bits per heavy atom. The van der Waals surface area contributed by atoms with Crippen LogP contribution in [0.15, 0.2) is 40.8 Å². The molecule has 0 aliphatic carbocycles. The molecular weight excluding hydrogens is 262 g/mol. The molecule has 1 aromatic heterocycles. The molecule has 3 rings (SSSR count). The molecule has 0 aliphatic heterocycles. The van der Waals surface area contributed by atoms with Crippen molar-refractivity contribution in [3.63, 3.8) is 0 Å². The van der Waals surface area contributed by atoms with Crippen LogP contribution in [0.25, 0.3) is 22.6 Å². The van der Waals surface area contributed by atoms with Gasteiger partial charge in [0.25, 0.3) is 0 Å². The van der Waals surface area contributed by atoms with E-state index in [4.69, 9.17) is 10.2 Å². The average molecular weight is 281 g/mol. The van der Waals surface area contributed by atoms with Gasteiger partial charge in [0.2, 0.25) is 5.89 Å². The van der Waals surface area contributed by atoms with Gasteiger partial charge < -0.3 is 15.5 Å². The summed E-state index contributed by atoms with van der Waals surface area (Å²) in [5.41, 5.74) is 11.4. The topological polar surface area (TPSA) is 64.1 Å². The number of nitrogens with zero attached hydrogens (tertiary/aromatic N) is 1. The van der Waals surface area contributed by atoms with Crippen LogP contribution in [-0.4, -0.2) is 11.0 Å². The highest BCUT2D eigenvalue weighted by Gasteiger charge is 2.11. The Bertz CT molecular complexity index is 790. The minimum atomic E-state index is 0.338.